The minimum absolute atomic E-state index is 0.202. The summed E-state index contributed by atoms with van der Waals surface area (Å²) in [7, 11) is 1.65. The van der Waals surface area contributed by atoms with Crippen molar-refractivity contribution in [2.75, 3.05) is 19.0 Å². The Morgan fingerprint density at radius 1 is 1.19 bits per heavy atom. The summed E-state index contributed by atoms with van der Waals surface area (Å²) in [5, 5.41) is 3.23. The van der Waals surface area contributed by atoms with E-state index in [1.54, 1.807) is 7.11 Å². The number of nitrogens with one attached hydrogen (secondary N) is 1. The quantitative estimate of drug-likeness (QED) is 0.743. The number of aromatic nitrogens is 2. The number of methoxy groups -OCH3 is 1. The van der Waals surface area contributed by atoms with Gasteiger partial charge in [-0.15, -0.1) is 0 Å². The van der Waals surface area contributed by atoms with Gasteiger partial charge in [0.2, 0.25) is 5.95 Å². The highest BCUT2D eigenvalue weighted by Crippen LogP contribution is 2.23. The number of hydrogen-bond acceptors (Lipinski definition) is 5. The van der Waals surface area contributed by atoms with Crippen LogP contribution in [0.25, 0.3) is 0 Å². The van der Waals surface area contributed by atoms with Crippen LogP contribution in [0.1, 0.15) is 16.8 Å². The minimum Gasteiger partial charge on any atom is -0.497 e. The van der Waals surface area contributed by atoms with Crippen LogP contribution < -0.4 is 10.1 Å². The summed E-state index contributed by atoms with van der Waals surface area (Å²) in [5.74, 6) is 1.18. The van der Waals surface area contributed by atoms with Gasteiger partial charge in [0, 0.05) is 49.6 Å². The fourth-order valence-electron chi connectivity index (χ4n) is 3.25. The van der Waals surface area contributed by atoms with Crippen molar-refractivity contribution < 1.29 is 9.13 Å². The van der Waals surface area contributed by atoms with Crippen LogP contribution in [0.3, 0.4) is 0 Å². The minimum atomic E-state index is -0.202. The van der Waals surface area contributed by atoms with E-state index < -0.39 is 0 Å². The average Bonchev–Trinajstić information content (AvgIpc) is 2.70. The number of halogens is 1. The summed E-state index contributed by atoms with van der Waals surface area (Å²) in [6.07, 6.45) is 2.76. The van der Waals surface area contributed by atoms with Crippen molar-refractivity contribution in [3.63, 3.8) is 0 Å². The van der Waals surface area contributed by atoms with E-state index in [1.165, 1.54) is 12.1 Å². The molecule has 1 aliphatic rings. The van der Waals surface area contributed by atoms with Gasteiger partial charge >= 0.3 is 0 Å². The Morgan fingerprint density at radius 3 is 2.85 bits per heavy atom. The largest absolute Gasteiger partial charge is 0.497 e. The normalized spacial score (nSPS) is 13.9. The van der Waals surface area contributed by atoms with Gasteiger partial charge in [-0.25, -0.2) is 14.4 Å². The van der Waals surface area contributed by atoms with Crippen molar-refractivity contribution in [1.82, 2.24) is 14.9 Å². The first-order valence-electron chi connectivity index (χ1n) is 8.92. The lowest BCUT2D eigenvalue weighted by Gasteiger charge is -2.28. The molecule has 2 heterocycles. The molecule has 0 bridgehead atoms. The number of anilines is 2. The van der Waals surface area contributed by atoms with Crippen LogP contribution in [0, 0.1) is 5.82 Å². The fourth-order valence-corrected chi connectivity index (χ4v) is 3.25. The molecule has 0 saturated carbocycles. The lowest BCUT2D eigenvalue weighted by atomic mass is 10.1. The monoisotopic (exact) mass is 364 g/mol. The summed E-state index contributed by atoms with van der Waals surface area (Å²) in [6.45, 7) is 2.51. The van der Waals surface area contributed by atoms with E-state index in [9.17, 15) is 4.39 Å². The van der Waals surface area contributed by atoms with Crippen LogP contribution in [0.2, 0.25) is 0 Å². The first-order chi connectivity index (χ1) is 13.2. The predicted octanol–water partition coefficient (Wildman–Crippen LogP) is 3.93. The molecule has 1 aliphatic heterocycles. The molecule has 0 unspecified atom stereocenters. The van der Waals surface area contributed by atoms with Gasteiger partial charge in [0.15, 0.2) is 0 Å². The zero-order chi connectivity index (χ0) is 18.6. The molecule has 5 nitrogen and oxygen atoms in total. The second kappa shape index (κ2) is 7.72. The van der Waals surface area contributed by atoms with Gasteiger partial charge < -0.3 is 10.1 Å². The number of rotatable bonds is 5. The van der Waals surface area contributed by atoms with Gasteiger partial charge in [-0.05, 0) is 29.8 Å². The number of ether oxygens (including phenoxy) is 1. The Balaban J connectivity index is 1.43. The molecule has 1 aromatic heterocycles. The van der Waals surface area contributed by atoms with E-state index in [4.69, 9.17) is 4.74 Å². The third kappa shape index (κ3) is 4.23. The van der Waals surface area contributed by atoms with Crippen molar-refractivity contribution in [1.29, 1.82) is 0 Å². The number of fused-ring (bicyclic) bond motifs is 1. The fraction of sp³-hybridized carbons (Fsp3) is 0.238. The molecule has 1 N–H and O–H groups in total. The van der Waals surface area contributed by atoms with E-state index in [0.29, 0.717) is 5.95 Å². The van der Waals surface area contributed by atoms with E-state index in [1.807, 2.05) is 42.6 Å². The van der Waals surface area contributed by atoms with E-state index >= 15 is 0 Å². The Labute approximate surface area is 157 Å². The van der Waals surface area contributed by atoms with E-state index in [-0.39, 0.29) is 5.82 Å². The summed E-state index contributed by atoms with van der Waals surface area (Å²) in [5.41, 5.74) is 4.21. The molecule has 27 heavy (non-hydrogen) atoms. The molecule has 0 atom stereocenters. The summed E-state index contributed by atoms with van der Waals surface area (Å²) >= 11 is 0. The Kier molecular flexibility index (Phi) is 4.98. The maximum atomic E-state index is 13.1. The van der Waals surface area contributed by atoms with Gasteiger partial charge in [-0.3, -0.25) is 4.90 Å². The van der Waals surface area contributed by atoms with Gasteiger partial charge in [-0.1, -0.05) is 18.2 Å². The van der Waals surface area contributed by atoms with Crippen molar-refractivity contribution in [3.05, 3.63) is 77.4 Å². The number of hydrogen-bond donors (Lipinski definition) is 1. The van der Waals surface area contributed by atoms with Gasteiger partial charge in [0.05, 0.1) is 12.8 Å². The summed E-state index contributed by atoms with van der Waals surface area (Å²) in [4.78, 5) is 11.5. The second-order valence-corrected chi connectivity index (χ2v) is 6.61. The number of nitrogens with zero attached hydrogens (tertiary/aromatic N) is 3. The molecule has 0 fully saturated rings. The van der Waals surface area contributed by atoms with Crippen LogP contribution in [0.15, 0.2) is 54.7 Å². The molecule has 0 saturated heterocycles. The highest BCUT2D eigenvalue weighted by Gasteiger charge is 2.18. The lowest BCUT2D eigenvalue weighted by Crippen LogP contribution is -2.31. The van der Waals surface area contributed by atoms with E-state index in [2.05, 4.69) is 20.2 Å². The molecule has 4 rings (SSSR count). The maximum Gasteiger partial charge on any atom is 0.227 e. The Morgan fingerprint density at radius 2 is 2.04 bits per heavy atom. The van der Waals surface area contributed by atoms with Gasteiger partial charge in [0.1, 0.15) is 11.6 Å². The van der Waals surface area contributed by atoms with Crippen molar-refractivity contribution in [2.45, 2.75) is 19.5 Å². The van der Waals surface area contributed by atoms with Crippen molar-refractivity contribution >= 4 is 11.6 Å². The maximum absolute atomic E-state index is 13.1. The second-order valence-electron chi connectivity index (χ2n) is 6.61. The molecule has 0 amide bonds. The predicted molar refractivity (Wildman–Crippen MR) is 103 cm³/mol. The molecule has 0 aliphatic carbocycles. The summed E-state index contributed by atoms with van der Waals surface area (Å²) in [6, 6.07) is 14.4. The zero-order valence-corrected chi connectivity index (χ0v) is 15.2. The molecule has 6 heteroatoms. The molecule has 3 aromatic rings. The van der Waals surface area contributed by atoms with Crippen molar-refractivity contribution in [3.8, 4) is 5.75 Å². The molecular weight excluding hydrogens is 343 g/mol. The molecule has 2 aromatic carbocycles. The van der Waals surface area contributed by atoms with Crippen LogP contribution in [-0.4, -0.2) is 28.5 Å². The molecule has 138 valence electrons. The smallest absolute Gasteiger partial charge is 0.227 e. The van der Waals surface area contributed by atoms with Crippen LogP contribution in [0.5, 0.6) is 5.75 Å². The first-order valence-corrected chi connectivity index (χ1v) is 8.92. The van der Waals surface area contributed by atoms with Crippen LogP contribution in [0.4, 0.5) is 16.0 Å². The molecule has 0 spiro atoms. The SMILES string of the molecule is COc1cccc(Nc2ncc3c(n2)CCN(Cc2ccc(F)cc2)C3)c1. The van der Waals surface area contributed by atoms with Crippen molar-refractivity contribution in [2.24, 2.45) is 0 Å². The average molecular weight is 364 g/mol. The van der Waals surface area contributed by atoms with Gasteiger partial charge in [-0.2, -0.15) is 0 Å². The third-order valence-corrected chi connectivity index (χ3v) is 4.66. The van der Waals surface area contributed by atoms with Crippen LogP contribution in [-0.2, 0) is 19.5 Å². The molecule has 0 radical (unpaired) electrons. The highest BCUT2D eigenvalue weighted by molar-refractivity contribution is 5.56. The third-order valence-electron chi connectivity index (χ3n) is 4.66. The van der Waals surface area contributed by atoms with Gasteiger partial charge in [0.25, 0.3) is 0 Å². The number of benzene rings is 2. The summed E-state index contributed by atoms with van der Waals surface area (Å²) < 4.78 is 18.3. The Bertz CT molecular complexity index is 930. The highest BCUT2D eigenvalue weighted by atomic mass is 19.1. The first kappa shape index (κ1) is 17.4. The Hall–Kier alpha value is -2.99. The zero-order valence-electron chi connectivity index (χ0n) is 15.2. The van der Waals surface area contributed by atoms with E-state index in [0.717, 1.165) is 54.3 Å². The lowest BCUT2D eigenvalue weighted by molar-refractivity contribution is 0.243. The molecular formula is C21H21FN4O. The topological polar surface area (TPSA) is 50.3 Å². The standard InChI is InChI=1S/C21H21FN4O/c1-27-19-4-2-3-18(11-19)24-21-23-12-16-14-26(10-9-20(16)25-21)13-15-5-7-17(22)8-6-15/h2-8,11-12H,9-10,13-14H2,1H3,(H,23,24,25). The van der Waals surface area contributed by atoms with Crippen LogP contribution >= 0.6 is 0 Å².